The quantitative estimate of drug-likeness (QED) is 0.690. The largest absolute Gasteiger partial charge is 0.478 e. The first-order valence-corrected chi connectivity index (χ1v) is 9.56. The third-order valence-electron chi connectivity index (χ3n) is 4.56. The maximum Gasteiger partial charge on any atom is 0.249 e. The maximum absolute atomic E-state index is 11.4. The number of ether oxygens (including phenoxy) is 1. The van der Waals surface area contributed by atoms with Crippen LogP contribution in [0.3, 0.4) is 0 Å². The van der Waals surface area contributed by atoms with Crippen molar-refractivity contribution in [2.45, 2.75) is 25.8 Å². The second kappa shape index (κ2) is 7.37. The molecule has 0 atom stereocenters. The van der Waals surface area contributed by atoms with Crippen LogP contribution >= 0.6 is 11.3 Å². The fraction of sp³-hybridized carbons (Fsp3) is 0.368. The van der Waals surface area contributed by atoms with Gasteiger partial charge in [-0.05, 0) is 54.9 Å². The van der Waals surface area contributed by atoms with Gasteiger partial charge in [-0.25, -0.2) is 0 Å². The summed E-state index contributed by atoms with van der Waals surface area (Å²) >= 11 is 1.88. The standard InChI is InChI=1S/C19H21N3O2S/c23-17-5-3-14-4-6-18(21-19(14)20-17)24-11-2-1-9-22-10-7-16-15(13-22)8-12-25-16/h3-6,8,12H,1-2,7,9-11,13H2,(H,20,21,23). The van der Waals surface area contributed by atoms with Crippen LogP contribution in [-0.2, 0) is 13.0 Å². The van der Waals surface area contributed by atoms with Gasteiger partial charge in [0.15, 0.2) is 0 Å². The first-order valence-electron chi connectivity index (χ1n) is 8.68. The minimum Gasteiger partial charge on any atom is -0.478 e. The molecule has 0 saturated carbocycles. The maximum atomic E-state index is 11.4. The molecule has 1 aliphatic rings. The molecule has 3 aromatic heterocycles. The summed E-state index contributed by atoms with van der Waals surface area (Å²) < 4.78 is 5.74. The third-order valence-corrected chi connectivity index (χ3v) is 5.59. The van der Waals surface area contributed by atoms with Crippen LogP contribution in [0, 0.1) is 0 Å². The van der Waals surface area contributed by atoms with Crippen molar-refractivity contribution >= 4 is 22.4 Å². The van der Waals surface area contributed by atoms with Crippen molar-refractivity contribution in [2.24, 2.45) is 0 Å². The van der Waals surface area contributed by atoms with Crippen LogP contribution < -0.4 is 10.3 Å². The molecule has 4 heterocycles. The van der Waals surface area contributed by atoms with E-state index in [4.69, 9.17) is 4.74 Å². The number of unbranched alkanes of at least 4 members (excludes halogenated alkanes) is 1. The van der Waals surface area contributed by atoms with E-state index in [2.05, 4.69) is 26.3 Å². The Labute approximate surface area is 150 Å². The van der Waals surface area contributed by atoms with E-state index >= 15 is 0 Å². The van der Waals surface area contributed by atoms with Crippen LogP contribution in [0.5, 0.6) is 5.88 Å². The number of aromatic nitrogens is 2. The van der Waals surface area contributed by atoms with E-state index in [0.29, 0.717) is 18.1 Å². The van der Waals surface area contributed by atoms with Crippen molar-refractivity contribution in [3.8, 4) is 5.88 Å². The van der Waals surface area contributed by atoms with Crippen LogP contribution in [0.15, 0.2) is 40.5 Å². The van der Waals surface area contributed by atoms with E-state index in [9.17, 15) is 4.79 Å². The van der Waals surface area contributed by atoms with Gasteiger partial charge in [0.2, 0.25) is 11.4 Å². The zero-order chi connectivity index (χ0) is 17.1. The van der Waals surface area contributed by atoms with Crippen molar-refractivity contribution in [3.05, 3.63) is 56.5 Å². The van der Waals surface area contributed by atoms with Gasteiger partial charge in [-0.3, -0.25) is 9.69 Å². The van der Waals surface area contributed by atoms with E-state index in [1.807, 2.05) is 23.5 Å². The van der Waals surface area contributed by atoms with E-state index in [0.717, 1.165) is 37.9 Å². The molecule has 1 aliphatic heterocycles. The minimum absolute atomic E-state index is 0.146. The van der Waals surface area contributed by atoms with Crippen LogP contribution in [-0.4, -0.2) is 34.6 Å². The fourth-order valence-corrected chi connectivity index (χ4v) is 4.09. The Morgan fingerprint density at radius 2 is 2.12 bits per heavy atom. The van der Waals surface area contributed by atoms with Crippen molar-refractivity contribution in [1.29, 1.82) is 0 Å². The fourth-order valence-electron chi connectivity index (χ4n) is 3.20. The predicted octanol–water partition coefficient (Wildman–Crippen LogP) is 3.20. The summed E-state index contributed by atoms with van der Waals surface area (Å²) in [7, 11) is 0. The number of fused-ring (bicyclic) bond motifs is 2. The van der Waals surface area contributed by atoms with Gasteiger partial charge in [0.05, 0.1) is 6.61 Å². The van der Waals surface area contributed by atoms with Gasteiger partial charge < -0.3 is 9.72 Å². The molecule has 25 heavy (non-hydrogen) atoms. The molecule has 0 unspecified atom stereocenters. The van der Waals surface area contributed by atoms with Gasteiger partial charge >= 0.3 is 0 Å². The molecule has 5 nitrogen and oxygen atoms in total. The second-order valence-electron chi connectivity index (χ2n) is 6.36. The Bertz CT molecular complexity index is 918. The van der Waals surface area contributed by atoms with Gasteiger partial charge in [0.1, 0.15) is 5.65 Å². The van der Waals surface area contributed by atoms with E-state index in [-0.39, 0.29) is 5.56 Å². The Kier molecular flexibility index (Phi) is 4.81. The summed E-state index contributed by atoms with van der Waals surface area (Å²) in [4.78, 5) is 22.5. The lowest BCUT2D eigenvalue weighted by atomic mass is 10.1. The zero-order valence-corrected chi connectivity index (χ0v) is 14.8. The van der Waals surface area contributed by atoms with Crippen molar-refractivity contribution in [1.82, 2.24) is 14.9 Å². The average Bonchev–Trinajstić information content (AvgIpc) is 3.09. The highest BCUT2D eigenvalue weighted by Crippen LogP contribution is 2.24. The number of pyridine rings is 2. The Balaban J connectivity index is 1.23. The van der Waals surface area contributed by atoms with Crippen LogP contribution in [0.2, 0.25) is 0 Å². The monoisotopic (exact) mass is 355 g/mol. The summed E-state index contributed by atoms with van der Waals surface area (Å²) in [5.41, 5.74) is 1.93. The van der Waals surface area contributed by atoms with Gasteiger partial charge in [-0.1, -0.05) is 0 Å². The van der Waals surface area contributed by atoms with Gasteiger partial charge in [-0.15, -0.1) is 11.3 Å². The topological polar surface area (TPSA) is 58.2 Å². The highest BCUT2D eigenvalue weighted by molar-refractivity contribution is 7.10. The molecule has 0 bridgehead atoms. The molecule has 0 amide bonds. The van der Waals surface area contributed by atoms with Crippen molar-refractivity contribution in [3.63, 3.8) is 0 Å². The molecule has 0 fully saturated rings. The number of hydrogen-bond donors (Lipinski definition) is 1. The highest BCUT2D eigenvalue weighted by Gasteiger charge is 2.16. The smallest absolute Gasteiger partial charge is 0.249 e. The van der Waals surface area contributed by atoms with E-state index in [1.165, 1.54) is 18.1 Å². The number of rotatable bonds is 6. The Morgan fingerprint density at radius 3 is 3.08 bits per heavy atom. The molecule has 0 aromatic carbocycles. The van der Waals surface area contributed by atoms with Crippen molar-refractivity contribution < 1.29 is 4.74 Å². The number of aromatic amines is 1. The van der Waals surface area contributed by atoms with Crippen LogP contribution in [0.4, 0.5) is 0 Å². The molecule has 6 heteroatoms. The average molecular weight is 355 g/mol. The molecule has 0 aliphatic carbocycles. The van der Waals surface area contributed by atoms with E-state index < -0.39 is 0 Å². The summed E-state index contributed by atoms with van der Waals surface area (Å²) in [6, 6.07) is 9.29. The molecule has 0 spiro atoms. The molecule has 130 valence electrons. The summed E-state index contributed by atoms with van der Waals surface area (Å²) in [5, 5.41) is 3.11. The first-order chi connectivity index (χ1) is 12.3. The number of thiophene rings is 1. The normalized spacial score (nSPS) is 14.6. The Morgan fingerprint density at radius 1 is 1.20 bits per heavy atom. The number of hydrogen-bond acceptors (Lipinski definition) is 5. The second-order valence-corrected chi connectivity index (χ2v) is 7.36. The lowest BCUT2D eigenvalue weighted by Crippen LogP contribution is -2.30. The summed E-state index contributed by atoms with van der Waals surface area (Å²) in [6.45, 7) is 4.00. The summed E-state index contributed by atoms with van der Waals surface area (Å²) in [6.07, 6.45) is 3.30. The molecular formula is C19H21N3O2S. The van der Waals surface area contributed by atoms with E-state index in [1.54, 1.807) is 10.9 Å². The first kappa shape index (κ1) is 16.3. The molecular weight excluding hydrogens is 334 g/mol. The number of H-pyrrole nitrogens is 1. The third kappa shape index (κ3) is 3.91. The van der Waals surface area contributed by atoms with Crippen LogP contribution in [0.25, 0.3) is 11.0 Å². The molecule has 0 saturated heterocycles. The zero-order valence-electron chi connectivity index (χ0n) is 14.0. The highest BCUT2D eigenvalue weighted by atomic mass is 32.1. The Hall–Kier alpha value is -2.18. The predicted molar refractivity (Wildman–Crippen MR) is 100 cm³/mol. The van der Waals surface area contributed by atoms with Gasteiger partial charge in [-0.2, -0.15) is 4.98 Å². The van der Waals surface area contributed by atoms with Crippen molar-refractivity contribution in [2.75, 3.05) is 19.7 Å². The van der Waals surface area contributed by atoms with Gasteiger partial charge in [0.25, 0.3) is 0 Å². The molecule has 3 aromatic rings. The summed E-state index contributed by atoms with van der Waals surface area (Å²) in [5.74, 6) is 0.565. The SMILES string of the molecule is O=c1ccc2ccc(OCCCCN3CCc4sccc4C3)nc2[nH]1. The lowest BCUT2D eigenvalue weighted by molar-refractivity contribution is 0.234. The van der Waals surface area contributed by atoms with Crippen LogP contribution in [0.1, 0.15) is 23.3 Å². The number of nitrogens with zero attached hydrogens (tertiary/aromatic N) is 2. The lowest BCUT2D eigenvalue weighted by Gasteiger charge is -2.26. The van der Waals surface area contributed by atoms with Gasteiger partial charge in [0, 0.05) is 35.5 Å². The molecule has 1 N–H and O–H groups in total. The minimum atomic E-state index is -0.146. The molecule has 4 rings (SSSR count). The number of nitrogens with one attached hydrogen (secondary N) is 1. The molecule has 0 radical (unpaired) electrons.